The molecule has 1 fully saturated rings. The van der Waals surface area contributed by atoms with E-state index in [1.54, 1.807) is 11.3 Å². The van der Waals surface area contributed by atoms with Gasteiger partial charge in [0.1, 0.15) is 0 Å². The van der Waals surface area contributed by atoms with Crippen LogP contribution in [0.25, 0.3) is 0 Å². The number of rotatable bonds is 6. The van der Waals surface area contributed by atoms with Gasteiger partial charge in [-0.2, -0.15) is 0 Å². The highest BCUT2D eigenvalue weighted by Gasteiger charge is 2.21. The Morgan fingerprint density at radius 1 is 1.48 bits per heavy atom. The normalized spacial score (nSPS) is 16.0. The van der Waals surface area contributed by atoms with Crippen LogP contribution in [-0.2, 0) is 6.54 Å². The molecule has 1 aliphatic rings. The number of aromatic nitrogens is 1. The first-order chi connectivity index (χ1) is 10.1. The fourth-order valence-corrected chi connectivity index (χ4v) is 3.33. The van der Waals surface area contributed by atoms with Gasteiger partial charge >= 0.3 is 0 Å². The first-order valence-electron chi connectivity index (χ1n) is 7.30. The van der Waals surface area contributed by atoms with Crippen molar-refractivity contribution >= 4 is 28.1 Å². The molecule has 1 heterocycles. The predicted octanol–water partition coefficient (Wildman–Crippen LogP) is 4.25. The van der Waals surface area contributed by atoms with E-state index in [2.05, 4.69) is 35.2 Å². The molecule has 3 rings (SSSR count). The summed E-state index contributed by atoms with van der Waals surface area (Å²) in [6, 6.07) is 9.01. The summed E-state index contributed by atoms with van der Waals surface area (Å²) >= 11 is 7.84. The van der Waals surface area contributed by atoms with Crippen LogP contribution in [-0.4, -0.2) is 18.1 Å². The van der Waals surface area contributed by atoms with Gasteiger partial charge in [0.05, 0.1) is 6.04 Å². The molecule has 1 atom stereocenters. The predicted molar refractivity (Wildman–Crippen MR) is 90.2 cm³/mol. The first kappa shape index (κ1) is 14.8. The van der Waals surface area contributed by atoms with E-state index in [1.807, 2.05) is 24.4 Å². The molecule has 21 heavy (non-hydrogen) atoms. The van der Waals surface area contributed by atoms with Crippen LogP contribution in [0.1, 0.15) is 36.2 Å². The van der Waals surface area contributed by atoms with E-state index in [4.69, 9.17) is 11.6 Å². The fraction of sp³-hybridized carbons (Fsp3) is 0.438. The van der Waals surface area contributed by atoms with E-state index < -0.39 is 0 Å². The number of benzene rings is 1. The molecule has 1 saturated carbocycles. The topological polar surface area (TPSA) is 28.2 Å². The van der Waals surface area contributed by atoms with Crippen molar-refractivity contribution in [2.45, 2.75) is 38.4 Å². The van der Waals surface area contributed by atoms with E-state index >= 15 is 0 Å². The standard InChI is InChI=1S/C16H20ClN3S/c1-11(12-4-3-5-13(17)8-12)20(2)16-19-10-15(21-16)9-18-14-6-7-14/h3-5,8,10-11,14,18H,6-7,9H2,1-2H3. The van der Waals surface area contributed by atoms with Gasteiger partial charge in [0.25, 0.3) is 0 Å². The van der Waals surface area contributed by atoms with Gasteiger partial charge in [-0.15, -0.1) is 11.3 Å². The largest absolute Gasteiger partial charge is 0.344 e. The minimum absolute atomic E-state index is 0.249. The van der Waals surface area contributed by atoms with E-state index in [-0.39, 0.29) is 6.04 Å². The van der Waals surface area contributed by atoms with Crippen molar-refractivity contribution < 1.29 is 0 Å². The van der Waals surface area contributed by atoms with Gasteiger partial charge in [0, 0.05) is 35.7 Å². The van der Waals surface area contributed by atoms with Crippen LogP contribution in [0.5, 0.6) is 0 Å². The third kappa shape index (κ3) is 3.76. The number of nitrogens with zero attached hydrogens (tertiary/aromatic N) is 2. The van der Waals surface area contributed by atoms with Crippen LogP contribution in [0.2, 0.25) is 5.02 Å². The summed E-state index contributed by atoms with van der Waals surface area (Å²) in [5.74, 6) is 0. The van der Waals surface area contributed by atoms with Crippen LogP contribution in [0, 0.1) is 0 Å². The van der Waals surface area contributed by atoms with E-state index in [0.29, 0.717) is 0 Å². The summed E-state index contributed by atoms with van der Waals surface area (Å²) in [6.07, 6.45) is 4.62. The van der Waals surface area contributed by atoms with Crippen molar-refractivity contribution in [2.75, 3.05) is 11.9 Å². The summed E-state index contributed by atoms with van der Waals surface area (Å²) in [7, 11) is 2.09. The van der Waals surface area contributed by atoms with Crippen molar-refractivity contribution in [3.05, 3.63) is 45.9 Å². The smallest absolute Gasteiger partial charge is 0.185 e. The summed E-state index contributed by atoms with van der Waals surface area (Å²) < 4.78 is 0. The summed E-state index contributed by atoms with van der Waals surface area (Å²) in [5, 5.41) is 5.36. The highest BCUT2D eigenvalue weighted by atomic mass is 35.5. The second kappa shape index (κ2) is 6.34. The number of hydrogen-bond acceptors (Lipinski definition) is 4. The molecule has 2 aromatic rings. The number of anilines is 1. The first-order valence-corrected chi connectivity index (χ1v) is 8.49. The molecule has 112 valence electrons. The summed E-state index contributed by atoms with van der Waals surface area (Å²) in [6.45, 7) is 3.11. The van der Waals surface area contributed by atoms with E-state index in [1.165, 1.54) is 23.3 Å². The molecular formula is C16H20ClN3S. The third-order valence-corrected chi connectivity index (χ3v) is 5.22. The van der Waals surface area contributed by atoms with Gasteiger partial charge in [-0.05, 0) is 37.5 Å². The second-order valence-corrected chi connectivity index (χ2v) is 7.14. The maximum absolute atomic E-state index is 6.08. The average Bonchev–Trinajstić information content (AvgIpc) is 3.20. The Kier molecular flexibility index (Phi) is 4.48. The number of thiazole rings is 1. The molecule has 0 aliphatic heterocycles. The lowest BCUT2D eigenvalue weighted by Crippen LogP contribution is -2.21. The highest BCUT2D eigenvalue weighted by molar-refractivity contribution is 7.15. The Bertz CT molecular complexity index is 609. The zero-order valence-electron chi connectivity index (χ0n) is 12.3. The lowest BCUT2D eigenvalue weighted by atomic mass is 10.1. The maximum Gasteiger partial charge on any atom is 0.185 e. The molecule has 1 aliphatic carbocycles. The quantitative estimate of drug-likeness (QED) is 0.862. The molecular weight excluding hydrogens is 302 g/mol. The van der Waals surface area contributed by atoms with Gasteiger partial charge in [0.2, 0.25) is 0 Å². The van der Waals surface area contributed by atoms with E-state index in [9.17, 15) is 0 Å². The molecule has 1 unspecified atom stereocenters. The summed E-state index contributed by atoms with van der Waals surface area (Å²) in [4.78, 5) is 8.05. The molecule has 3 nitrogen and oxygen atoms in total. The van der Waals surface area contributed by atoms with Crippen molar-refractivity contribution in [3.8, 4) is 0 Å². The highest BCUT2D eigenvalue weighted by Crippen LogP contribution is 2.30. The van der Waals surface area contributed by atoms with E-state index in [0.717, 1.165) is 22.7 Å². The van der Waals surface area contributed by atoms with Gasteiger partial charge in [-0.1, -0.05) is 23.7 Å². The van der Waals surface area contributed by atoms with Crippen LogP contribution in [0.15, 0.2) is 30.5 Å². The molecule has 1 N–H and O–H groups in total. The zero-order valence-corrected chi connectivity index (χ0v) is 13.9. The SMILES string of the molecule is CC(c1cccc(Cl)c1)N(C)c1ncc(CNC2CC2)s1. The monoisotopic (exact) mass is 321 g/mol. The molecule has 1 aromatic heterocycles. The van der Waals surface area contributed by atoms with Gasteiger partial charge in [0.15, 0.2) is 5.13 Å². The second-order valence-electron chi connectivity index (χ2n) is 5.61. The van der Waals surface area contributed by atoms with Crippen LogP contribution in [0.3, 0.4) is 0 Å². The van der Waals surface area contributed by atoms with Crippen LogP contribution >= 0.6 is 22.9 Å². The minimum Gasteiger partial charge on any atom is -0.344 e. The molecule has 0 spiro atoms. The minimum atomic E-state index is 0.249. The lowest BCUT2D eigenvalue weighted by molar-refractivity contribution is 0.694. The fourth-order valence-electron chi connectivity index (χ4n) is 2.23. The molecule has 0 saturated heterocycles. The van der Waals surface area contributed by atoms with Crippen molar-refractivity contribution in [1.82, 2.24) is 10.3 Å². The Balaban J connectivity index is 1.67. The Hall–Kier alpha value is -1.10. The van der Waals surface area contributed by atoms with Crippen molar-refractivity contribution in [3.63, 3.8) is 0 Å². The third-order valence-electron chi connectivity index (χ3n) is 3.90. The number of hydrogen-bond donors (Lipinski definition) is 1. The Morgan fingerprint density at radius 2 is 2.29 bits per heavy atom. The zero-order chi connectivity index (χ0) is 14.8. The molecule has 0 amide bonds. The molecule has 0 radical (unpaired) electrons. The number of halogens is 1. The van der Waals surface area contributed by atoms with Gasteiger partial charge in [-0.3, -0.25) is 0 Å². The van der Waals surface area contributed by atoms with Crippen molar-refractivity contribution in [1.29, 1.82) is 0 Å². The Labute approximate surface area is 135 Å². The average molecular weight is 322 g/mol. The Morgan fingerprint density at radius 3 is 3.00 bits per heavy atom. The van der Waals surface area contributed by atoms with Gasteiger partial charge in [-0.25, -0.2) is 4.98 Å². The number of nitrogens with one attached hydrogen (secondary N) is 1. The molecule has 0 bridgehead atoms. The van der Waals surface area contributed by atoms with Crippen LogP contribution in [0.4, 0.5) is 5.13 Å². The lowest BCUT2D eigenvalue weighted by Gasteiger charge is -2.24. The van der Waals surface area contributed by atoms with Gasteiger partial charge < -0.3 is 10.2 Å². The summed E-state index contributed by atoms with van der Waals surface area (Å²) in [5.41, 5.74) is 1.21. The van der Waals surface area contributed by atoms with Crippen LogP contribution < -0.4 is 10.2 Å². The van der Waals surface area contributed by atoms with Crippen molar-refractivity contribution in [2.24, 2.45) is 0 Å². The molecule has 1 aromatic carbocycles. The molecule has 5 heteroatoms. The maximum atomic E-state index is 6.08.